The summed E-state index contributed by atoms with van der Waals surface area (Å²) in [6, 6.07) is 18.4. The summed E-state index contributed by atoms with van der Waals surface area (Å²) in [4.78, 5) is 13.2. The Labute approximate surface area is 205 Å². The van der Waals surface area contributed by atoms with E-state index in [4.69, 9.17) is 11.6 Å². The number of carbonyl (C=O) groups excluding carboxylic acids is 1. The normalized spacial score (nSPS) is 12.7. The Bertz CT molecular complexity index is 1390. The maximum absolute atomic E-state index is 13.5. The minimum atomic E-state index is -4.06. The van der Waals surface area contributed by atoms with Crippen LogP contribution in [0.2, 0.25) is 5.02 Å². The second-order valence-corrected chi connectivity index (χ2v) is 12.1. The zero-order valence-corrected chi connectivity index (χ0v) is 21.3. The fourth-order valence-corrected chi connectivity index (χ4v) is 5.69. The summed E-state index contributed by atoms with van der Waals surface area (Å²) >= 11 is 6.23. The van der Waals surface area contributed by atoms with Crippen molar-refractivity contribution < 1.29 is 21.6 Å². The highest BCUT2D eigenvalue weighted by Gasteiger charge is 2.29. The SMILES string of the molecule is Cc1c(Cl)cccc1N(CC(=O)NC(C)c1ccc(S(C)(=O)=O)cc1)S(=O)(=O)c1ccccc1. The van der Waals surface area contributed by atoms with Crippen molar-refractivity contribution in [1.29, 1.82) is 0 Å². The van der Waals surface area contributed by atoms with Gasteiger partial charge in [-0.2, -0.15) is 0 Å². The number of sulfone groups is 1. The van der Waals surface area contributed by atoms with E-state index in [2.05, 4.69) is 5.32 Å². The molecule has 3 rings (SSSR count). The predicted molar refractivity (Wildman–Crippen MR) is 133 cm³/mol. The van der Waals surface area contributed by atoms with Crippen LogP contribution < -0.4 is 9.62 Å². The smallest absolute Gasteiger partial charge is 0.264 e. The minimum Gasteiger partial charge on any atom is -0.348 e. The van der Waals surface area contributed by atoms with Crippen LogP contribution in [0.3, 0.4) is 0 Å². The lowest BCUT2D eigenvalue weighted by atomic mass is 10.1. The highest BCUT2D eigenvalue weighted by atomic mass is 35.5. The molecule has 0 aliphatic carbocycles. The number of carbonyl (C=O) groups is 1. The first-order chi connectivity index (χ1) is 15.9. The summed E-state index contributed by atoms with van der Waals surface area (Å²) in [5, 5.41) is 3.16. The molecule has 0 aromatic heterocycles. The molecule has 1 unspecified atom stereocenters. The highest BCUT2D eigenvalue weighted by molar-refractivity contribution is 7.93. The van der Waals surface area contributed by atoms with E-state index in [0.717, 1.165) is 10.6 Å². The average molecular weight is 521 g/mol. The molecule has 0 aliphatic heterocycles. The lowest BCUT2D eigenvalue weighted by Gasteiger charge is -2.26. The van der Waals surface area contributed by atoms with E-state index >= 15 is 0 Å². The summed E-state index contributed by atoms with van der Waals surface area (Å²) in [6.45, 7) is 2.95. The number of nitrogens with zero attached hydrogens (tertiary/aromatic N) is 1. The van der Waals surface area contributed by atoms with Gasteiger partial charge in [0.2, 0.25) is 5.91 Å². The molecule has 180 valence electrons. The summed E-state index contributed by atoms with van der Waals surface area (Å²) in [7, 11) is -7.40. The zero-order valence-electron chi connectivity index (χ0n) is 18.9. The van der Waals surface area contributed by atoms with E-state index in [-0.39, 0.29) is 9.79 Å². The van der Waals surface area contributed by atoms with Crippen molar-refractivity contribution in [3.8, 4) is 0 Å². The van der Waals surface area contributed by atoms with E-state index < -0.39 is 38.4 Å². The number of halogens is 1. The third-order valence-corrected chi connectivity index (χ3v) is 8.62. The van der Waals surface area contributed by atoms with Crippen LogP contribution in [0.1, 0.15) is 24.1 Å². The standard InChI is InChI=1S/C24H25ClN2O5S2/c1-17-22(25)10-7-11-23(17)27(34(31,32)21-8-5-4-6-9-21)16-24(28)26-18(2)19-12-14-20(15-13-19)33(3,29)30/h4-15,18H,16H2,1-3H3,(H,26,28). The van der Waals surface area contributed by atoms with Crippen molar-refractivity contribution in [3.63, 3.8) is 0 Å². The number of hydrogen-bond donors (Lipinski definition) is 1. The van der Waals surface area contributed by atoms with Crippen LogP contribution in [0.4, 0.5) is 5.69 Å². The summed E-state index contributed by atoms with van der Waals surface area (Å²) < 4.78 is 51.3. The van der Waals surface area contributed by atoms with Crippen LogP contribution in [0.5, 0.6) is 0 Å². The molecule has 0 saturated heterocycles. The van der Waals surface area contributed by atoms with Gasteiger partial charge in [0.1, 0.15) is 6.54 Å². The molecule has 34 heavy (non-hydrogen) atoms. The molecule has 3 aromatic carbocycles. The third-order valence-electron chi connectivity index (χ3n) is 5.31. The first-order valence-corrected chi connectivity index (χ1v) is 14.0. The molecule has 1 atom stereocenters. The van der Waals surface area contributed by atoms with Gasteiger partial charge in [0.05, 0.1) is 21.5 Å². The van der Waals surface area contributed by atoms with Gasteiger partial charge in [-0.05, 0) is 61.4 Å². The van der Waals surface area contributed by atoms with Crippen molar-refractivity contribution in [2.24, 2.45) is 0 Å². The lowest BCUT2D eigenvalue weighted by Crippen LogP contribution is -2.42. The molecule has 0 radical (unpaired) electrons. The first-order valence-electron chi connectivity index (χ1n) is 10.3. The van der Waals surface area contributed by atoms with Crippen molar-refractivity contribution >= 4 is 43.1 Å². The van der Waals surface area contributed by atoms with Crippen LogP contribution in [0.15, 0.2) is 82.6 Å². The Hall–Kier alpha value is -2.88. The molecule has 0 bridgehead atoms. The number of sulfonamides is 1. The fraction of sp³-hybridized carbons (Fsp3) is 0.208. The number of anilines is 1. The Morgan fingerprint density at radius 3 is 2.12 bits per heavy atom. The van der Waals surface area contributed by atoms with Gasteiger partial charge in [0.15, 0.2) is 9.84 Å². The maximum Gasteiger partial charge on any atom is 0.264 e. The van der Waals surface area contributed by atoms with Crippen molar-refractivity contribution in [2.75, 3.05) is 17.1 Å². The minimum absolute atomic E-state index is 0.0478. The Kier molecular flexibility index (Phi) is 7.70. The second kappa shape index (κ2) is 10.2. The highest BCUT2D eigenvalue weighted by Crippen LogP contribution is 2.30. The number of amides is 1. The summed E-state index contributed by atoms with van der Waals surface area (Å²) in [6.07, 6.45) is 1.12. The molecule has 7 nitrogen and oxygen atoms in total. The molecule has 1 N–H and O–H groups in total. The van der Waals surface area contributed by atoms with Crippen LogP contribution in [0.25, 0.3) is 0 Å². The van der Waals surface area contributed by atoms with Crippen LogP contribution >= 0.6 is 11.6 Å². The van der Waals surface area contributed by atoms with Crippen molar-refractivity contribution in [3.05, 3.63) is 88.9 Å². The summed E-state index contributed by atoms with van der Waals surface area (Å²) in [5.41, 5.74) is 1.51. The molecule has 0 heterocycles. The Morgan fingerprint density at radius 1 is 0.912 bits per heavy atom. The van der Waals surface area contributed by atoms with Gasteiger partial charge in [-0.3, -0.25) is 9.10 Å². The number of nitrogens with one attached hydrogen (secondary N) is 1. The lowest BCUT2D eigenvalue weighted by molar-refractivity contribution is -0.120. The van der Waals surface area contributed by atoms with Crippen LogP contribution in [-0.4, -0.2) is 35.5 Å². The summed E-state index contributed by atoms with van der Waals surface area (Å²) in [5.74, 6) is -0.529. The van der Waals surface area contributed by atoms with Gasteiger partial charge in [-0.1, -0.05) is 48.0 Å². The Balaban J connectivity index is 1.89. The van der Waals surface area contributed by atoms with Gasteiger partial charge in [-0.25, -0.2) is 16.8 Å². The van der Waals surface area contributed by atoms with Crippen LogP contribution in [-0.2, 0) is 24.7 Å². The molecule has 0 saturated carbocycles. The Morgan fingerprint density at radius 2 is 1.53 bits per heavy atom. The van der Waals surface area contributed by atoms with E-state index in [1.54, 1.807) is 62.4 Å². The predicted octanol–water partition coefficient (Wildman–Crippen LogP) is 4.12. The zero-order chi connectivity index (χ0) is 25.1. The molecule has 0 fully saturated rings. The van der Waals surface area contributed by atoms with Gasteiger partial charge in [0, 0.05) is 11.3 Å². The van der Waals surface area contributed by atoms with Gasteiger partial charge in [-0.15, -0.1) is 0 Å². The van der Waals surface area contributed by atoms with E-state index in [9.17, 15) is 21.6 Å². The quantitative estimate of drug-likeness (QED) is 0.481. The number of rotatable bonds is 8. The van der Waals surface area contributed by atoms with Gasteiger partial charge >= 0.3 is 0 Å². The van der Waals surface area contributed by atoms with Crippen LogP contribution in [0, 0.1) is 6.92 Å². The van der Waals surface area contributed by atoms with Gasteiger partial charge in [0.25, 0.3) is 10.0 Å². The fourth-order valence-electron chi connectivity index (χ4n) is 3.39. The molecular formula is C24H25ClN2O5S2. The monoisotopic (exact) mass is 520 g/mol. The molecule has 0 spiro atoms. The molecular weight excluding hydrogens is 496 g/mol. The maximum atomic E-state index is 13.5. The number of benzene rings is 3. The first kappa shape index (κ1) is 25.7. The van der Waals surface area contributed by atoms with Crippen molar-refractivity contribution in [1.82, 2.24) is 5.32 Å². The third kappa shape index (κ3) is 5.78. The van der Waals surface area contributed by atoms with E-state index in [1.807, 2.05) is 0 Å². The number of hydrogen-bond acceptors (Lipinski definition) is 5. The molecule has 0 aliphatic rings. The largest absolute Gasteiger partial charge is 0.348 e. The molecule has 10 heteroatoms. The van der Waals surface area contributed by atoms with E-state index in [1.165, 1.54) is 24.3 Å². The van der Waals surface area contributed by atoms with E-state index in [0.29, 0.717) is 21.8 Å². The molecule has 1 amide bonds. The van der Waals surface area contributed by atoms with Crippen molar-refractivity contribution in [2.45, 2.75) is 29.7 Å². The topological polar surface area (TPSA) is 101 Å². The second-order valence-electron chi connectivity index (χ2n) is 7.84. The molecule has 3 aromatic rings. The average Bonchev–Trinajstić information content (AvgIpc) is 2.79. The van der Waals surface area contributed by atoms with Gasteiger partial charge < -0.3 is 5.32 Å².